The van der Waals surface area contributed by atoms with E-state index in [2.05, 4.69) is 4.74 Å². The topological polar surface area (TPSA) is 29.5 Å². The predicted molar refractivity (Wildman–Crippen MR) is 61.5 cm³/mol. The average molecular weight is 274 g/mol. The monoisotopic (exact) mass is 274 g/mol. The zero-order valence-corrected chi connectivity index (χ0v) is 9.94. The lowest BCUT2D eigenvalue weighted by Crippen LogP contribution is -2.02. The molecule has 2 aromatic carbocycles. The first-order valence-corrected chi connectivity index (χ1v) is 5.52. The second kappa shape index (κ2) is 4.95. The number of aryl methyl sites for hydroxylation is 1. The Kier molecular flexibility index (Phi) is 3.50. The summed E-state index contributed by atoms with van der Waals surface area (Å²) in [5.74, 6) is -5.76. The highest BCUT2D eigenvalue weighted by atomic mass is 19.2. The van der Waals surface area contributed by atoms with Crippen molar-refractivity contribution in [2.45, 2.75) is 13.3 Å². The lowest BCUT2D eigenvalue weighted by Gasteiger charge is -2.13. The van der Waals surface area contributed by atoms with Gasteiger partial charge in [-0.05, 0) is 24.1 Å². The Hall–Kier alpha value is -1.98. The zero-order chi connectivity index (χ0) is 14.2. The smallest absolute Gasteiger partial charge is 0.228 e. The van der Waals surface area contributed by atoms with E-state index in [1.807, 2.05) is 0 Å². The molecule has 0 fully saturated rings. The van der Waals surface area contributed by atoms with E-state index in [0.29, 0.717) is 12.0 Å². The normalized spacial score (nSPS) is 11.0. The van der Waals surface area contributed by atoms with Crippen LogP contribution in [0.25, 0.3) is 10.8 Å². The molecule has 6 heteroatoms. The molecule has 0 aliphatic carbocycles. The Morgan fingerprint density at radius 1 is 1.11 bits per heavy atom. The Labute approximate surface area is 106 Å². The lowest BCUT2D eigenvalue weighted by atomic mass is 10.00. The van der Waals surface area contributed by atoms with Crippen molar-refractivity contribution >= 4 is 10.8 Å². The molecule has 0 bridgehead atoms. The van der Waals surface area contributed by atoms with Crippen molar-refractivity contribution in [1.82, 2.24) is 0 Å². The molecule has 2 aromatic rings. The largest absolute Gasteiger partial charge is 0.508 e. The van der Waals surface area contributed by atoms with Crippen molar-refractivity contribution in [3.05, 3.63) is 35.1 Å². The first kappa shape index (κ1) is 13.5. The highest BCUT2D eigenvalue weighted by Crippen LogP contribution is 2.38. The fraction of sp³-hybridized carbons (Fsp3) is 0.231. The van der Waals surface area contributed by atoms with E-state index >= 15 is 0 Å². The summed E-state index contributed by atoms with van der Waals surface area (Å²) in [5, 5.41) is 9.03. The fourth-order valence-corrected chi connectivity index (χ4v) is 2.02. The first-order chi connectivity index (χ1) is 9.01. The minimum absolute atomic E-state index is 0.0747. The molecule has 0 aliphatic heterocycles. The van der Waals surface area contributed by atoms with Gasteiger partial charge in [-0.1, -0.05) is 6.92 Å². The van der Waals surface area contributed by atoms with Crippen molar-refractivity contribution in [3.8, 4) is 11.5 Å². The summed E-state index contributed by atoms with van der Waals surface area (Å²) in [7, 11) is 0. The zero-order valence-electron chi connectivity index (χ0n) is 9.94. The van der Waals surface area contributed by atoms with Gasteiger partial charge in [-0.3, -0.25) is 0 Å². The molecule has 102 valence electrons. The van der Waals surface area contributed by atoms with E-state index in [-0.39, 0.29) is 16.5 Å². The summed E-state index contributed by atoms with van der Waals surface area (Å²) < 4.78 is 57.4. The second-order valence-corrected chi connectivity index (χ2v) is 3.91. The van der Waals surface area contributed by atoms with Gasteiger partial charge < -0.3 is 9.84 Å². The number of fused-ring (bicyclic) bond motifs is 1. The highest BCUT2D eigenvalue weighted by molar-refractivity contribution is 5.93. The molecule has 19 heavy (non-hydrogen) atoms. The van der Waals surface area contributed by atoms with Crippen LogP contribution in [0.15, 0.2) is 12.1 Å². The number of halogens is 4. The maximum atomic E-state index is 13.7. The Morgan fingerprint density at radius 3 is 2.37 bits per heavy atom. The Balaban J connectivity index is 2.98. The van der Waals surface area contributed by atoms with Gasteiger partial charge in [0, 0.05) is 10.8 Å². The standard InChI is InChI=1S/C13H10F4O2/c1-2-6-3-7(18)4-8-9(6)13(19-5-14)12(17)11(16)10(8)15/h3-4,18H,2,5H2,1H3. The third-order valence-electron chi connectivity index (χ3n) is 2.83. The molecule has 0 unspecified atom stereocenters. The van der Waals surface area contributed by atoms with Gasteiger partial charge in [0.15, 0.2) is 17.4 Å². The number of aromatic hydroxyl groups is 1. The summed E-state index contributed by atoms with van der Waals surface area (Å²) in [5.41, 5.74) is 0.330. The summed E-state index contributed by atoms with van der Waals surface area (Å²) in [6, 6.07) is 2.21. The Morgan fingerprint density at radius 2 is 1.79 bits per heavy atom. The molecule has 0 saturated heterocycles. The lowest BCUT2D eigenvalue weighted by molar-refractivity contribution is 0.184. The molecular weight excluding hydrogens is 264 g/mol. The number of hydrogen-bond acceptors (Lipinski definition) is 2. The van der Waals surface area contributed by atoms with E-state index in [4.69, 9.17) is 0 Å². The summed E-state index contributed by atoms with van der Waals surface area (Å²) >= 11 is 0. The number of phenols is 1. The molecular formula is C13H10F4O2. The summed E-state index contributed by atoms with van der Waals surface area (Å²) in [6.07, 6.45) is 0.304. The van der Waals surface area contributed by atoms with Gasteiger partial charge in [0.05, 0.1) is 0 Å². The van der Waals surface area contributed by atoms with Crippen molar-refractivity contribution in [1.29, 1.82) is 0 Å². The maximum absolute atomic E-state index is 13.7. The number of benzene rings is 2. The van der Waals surface area contributed by atoms with Gasteiger partial charge in [0.25, 0.3) is 0 Å². The fourth-order valence-electron chi connectivity index (χ4n) is 2.02. The summed E-state index contributed by atoms with van der Waals surface area (Å²) in [4.78, 5) is 0. The number of hydrogen-bond donors (Lipinski definition) is 1. The number of ether oxygens (including phenoxy) is 1. The quantitative estimate of drug-likeness (QED) is 0.680. The third kappa shape index (κ3) is 2.07. The van der Waals surface area contributed by atoms with Crippen LogP contribution in [0.4, 0.5) is 17.6 Å². The van der Waals surface area contributed by atoms with E-state index in [0.717, 1.165) is 6.07 Å². The molecule has 0 spiro atoms. The average Bonchev–Trinajstić information content (AvgIpc) is 2.40. The SMILES string of the molecule is CCc1cc(O)cc2c(F)c(F)c(F)c(OCF)c12. The molecule has 1 N–H and O–H groups in total. The molecule has 2 nitrogen and oxygen atoms in total. The number of alkyl halides is 1. The molecule has 0 radical (unpaired) electrons. The summed E-state index contributed by atoms with van der Waals surface area (Å²) in [6.45, 7) is 0.299. The predicted octanol–water partition coefficient (Wildman–Crippen LogP) is 3.83. The van der Waals surface area contributed by atoms with Crippen LogP contribution >= 0.6 is 0 Å². The van der Waals surface area contributed by atoms with Crippen molar-refractivity contribution in [3.63, 3.8) is 0 Å². The minimum atomic E-state index is -1.76. The highest BCUT2D eigenvalue weighted by Gasteiger charge is 2.23. The third-order valence-corrected chi connectivity index (χ3v) is 2.83. The molecule has 2 rings (SSSR count). The van der Waals surface area contributed by atoms with Crippen molar-refractivity contribution < 1.29 is 27.4 Å². The van der Waals surface area contributed by atoms with Crippen LogP contribution in [-0.2, 0) is 6.42 Å². The molecule has 0 heterocycles. The van der Waals surface area contributed by atoms with Crippen LogP contribution in [0.2, 0.25) is 0 Å². The number of phenolic OH excluding ortho intramolecular Hbond substituents is 1. The van der Waals surface area contributed by atoms with E-state index in [9.17, 15) is 22.7 Å². The van der Waals surface area contributed by atoms with Gasteiger partial charge in [-0.2, -0.15) is 4.39 Å². The molecule has 0 amide bonds. The molecule has 0 saturated carbocycles. The van der Waals surface area contributed by atoms with Gasteiger partial charge >= 0.3 is 0 Å². The molecule has 0 aromatic heterocycles. The molecule has 0 aliphatic rings. The van der Waals surface area contributed by atoms with E-state index < -0.39 is 30.1 Å². The maximum Gasteiger partial charge on any atom is 0.228 e. The Bertz CT molecular complexity index is 641. The second-order valence-electron chi connectivity index (χ2n) is 3.91. The van der Waals surface area contributed by atoms with Crippen LogP contribution in [-0.4, -0.2) is 12.0 Å². The minimum Gasteiger partial charge on any atom is -0.508 e. The van der Waals surface area contributed by atoms with Crippen LogP contribution < -0.4 is 4.74 Å². The van der Waals surface area contributed by atoms with Crippen LogP contribution in [0.3, 0.4) is 0 Å². The van der Waals surface area contributed by atoms with Crippen molar-refractivity contribution in [2.75, 3.05) is 6.86 Å². The van der Waals surface area contributed by atoms with Gasteiger partial charge in [-0.15, -0.1) is 0 Å². The van der Waals surface area contributed by atoms with Gasteiger partial charge in [0.1, 0.15) is 5.75 Å². The van der Waals surface area contributed by atoms with E-state index in [1.54, 1.807) is 6.92 Å². The number of rotatable bonds is 3. The van der Waals surface area contributed by atoms with Gasteiger partial charge in [-0.25, -0.2) is 13.2 Å². The van der Waals surface area contributed by atoms with Crippen LogP contribution in [0.1, 0.15) is 12.5 Å². The van der Waals surface area contributed by atoms with Crippen LogP contribution in [0, 0.1) is 17.5 Å². The first-order valence-electron chi connectivity index (χ1n) is 5.52. The van der Waals surface area contributed by atoms with E-state index in [1.165, 1.54) is 6.07 Å². The van der Waals surface area contributed by atoms with Crippen LogP contribution in [0.5, 0.6) is 11.5 Å². The van der Waals surface area contributed by atoms with Gasteiger partial charge in [0.2, 0.25) is 12.7 Å². The van der Waals surface area contributed by atoms with Crippen molar-refractivity contribution in [2.24, 2.45) is 0 Å². The molecule has 0 atom stereocenters.